The van der Waals surface area contributed by atoms with E-state index in [1.165, 1.54) is 4.90 Å². The molecule has 8 heteroatoms. The van der Waals surface area contributed by atoms with Crippen LogP contribution in [0.1, 0.15) is 36.1 Å². The van der Waals surface area contributed by atoms with Crippen LogP contribution in [0.25, 0.3) is 0 Å². The topological polar surface area (TPSA) is 86.8 Å². The Morgan fingerprint density at radius 1 is 0.892 bits per heavy atom. The Morgan fingerprint density at radius 2 is 1.51 bits per heavy atom. The highest BCUT2D eigenvalue weighted by Crippen LogP contribution is 2.28. The summed E-state index contributed by atoms with van der Waals surface area (Å²) in [4.78, 5) is 28.1. The summed E-state index contributed by atoms with van der Waals surface area (Å²) in [5, 5.41) is 2.76. The first-order valence-corrected chi connectivity index (χ1v) is 13.8. The van der Waals surface area contributed by atoms with E-state index in [1.807, 2.05) is 70.2 Å². The summed E-state index contributed by atoms with van der Waals surface area (Å²) in [5.74, 6) is -0.774. The number of carbonyl (C=O) groups excluding carboxylic acids is 2. The van der Waals surface area contributed by atoms with Gasteiger partial charge in [-0.05, 0) is 63.9 Å². The molecule has 0 radical (unpaired) electrons. The van der Waals surface area contributed by atoms with Crippen LogP contribution in [0, 0.1) is 20.8 Å². The van der Waals surface area contributed by atoms with Gasteiger partial charge in [0, 0.05) is 13.1 Å². The molecule has 3 aromatic carbocycles. The van der Waals surface area contributed by atoms with Crippen LogP contribution in [-0.2, 0) is 26.2 Å². The number of hydrogen-bond donors (Lipinski definition) is 1. The van der Waals surface area contributed by atoms with Crippen LogP contribution in [0.5, 0.6) is 0 Å². The third-order valence-corrected chi connectivity index (χ3v) is 8.00. The Balaban J connectivity index is 2.05. The summed E-state index contributed by atoms with van der Waals surface area (Å²) in [6.45, 7) is 9.24. The van der Waals surface area contributed by atoms with Crippen molar-refractivity contribution < 1.29 is 18.0 Å². The number of aryl methyl sites for hydroxylation is 3. The quantitative estimate of drug-likeness (QED) is 0.430. The molecule has 3 rings (SSSR count). The lowest BCUT2D eigenvalue weighted by Gasteiger charge is -2.32. The lowest BCUT2D eigenvalue weighted by molar-refractivity contribution is -0.139. The molecule has 0 aliphatic heterocycles. The number of carbonyl (C=O) groups is 2. The van der Waals surface area contributed by atoms with Crippen LogP contribution in [0.2, 0.25) is 0 Å². The first-order chi connectivity index (χ1) is 17.5. The van der Waals surface area contributed by atoms with Crippen molar-refractivity contribution in [2.45, 2.75) is 52.1 Å². The van der Waals surface area contributed by atoms with Crippen molar-refractivity contribution in [2.24, 2.45) is 0 Å². The van der Waals surface area contributed by atoms with Gasteiger partial charge in [0.2, 0.25) is 11.8 Å². The van der Waals surface area contributed by atoms with Crippen LogP contribution < -0.4 is 9.62 Å². The summed E-state index contributed by atoms with van der Waals surface area (Å²) < 4.78 is 28.9. The van der Waals surface area contributed by atoms with Gasteiger partial charge >= 0.3 is 0 Å². The third-order valence-electron chi connectivity index (χ3n) is 6.22. The molecule has 7 nitrogen and oxygen atoms in total. The predicted octanol–water partition coefficient (Wildman–Crippen LogP) is 4.36. The minimum absolute atomic E-state index is 0.0947. The van der Waals surface area contributed by atoms with E-state index in [2.05, 4.69) is 5.32 Å². The molecule has 196 valence electrons. The molecule has 37 heavy (non-hydrogen) atoms. The van der Waals surface area contributed by atoms with Gasteiger partial charge in [0.15, 0.2) is 0 Å². The van der Waals surface area contributed by atoms with Crippen molar-refractivity contribution in [3.05, 3.63) is 95.1 Å². The summed E-state index contributed by atoms with van der Waals surface area (Å²) in [6.07, 6.45) is 0. The van der Waals surface area contributed by atoms with E-state index in [9.17, 15) is 18.0 Å². The summed E-state index contributed by atoms with van der Waals surface area (Å²) in [6, 6.07) is 20.5. The lowest BCUT2D eigenvalue weighted by atomic mass is 10.1. The largest absolute Gasteiger partial charge is 0.355 e. The van der Waals surface area contributed by atoms with Crippen LogP contribution in [0.4, 0.5) is 5.69 Å². The summed E-state index contributed by atoms with van der Waals surface area (Å²) >= 11 is 0. The Morgan fingerprint density at radius 3 is 2.11 bits per heavy atom. The second kappa shape index (κ2) is 12.1. The standard InChI is InChI=1S/C29H35N3O4S/c1-6-30-29(34)24(5)31(19-25-10-8-7-9-11-25)28(33)20-32(27-17-14-22(3)18-23(27)4)37(35,36)26-15-12-21(2)13-16-26/h7-18,24H,6,19-20H2,1-5H3,(H,30,34)/t24-/m0/s1. The Kier molecular flexibility index (Phi) is 9.10. The third kappa shape index (κ3) is 6.77. The normalized spacial score (nSPS) is 12.0. The number of nitrogens with one attached hydrogen (secondary N) is 1. The van der Waals surface area contributed by atoms with Crippen molar-refractivity contribution in [3.8, 4) is 0 Å². The van der Waals surface area contributed by atoms with Gasteiger partial charge in [0.05, 0.1) is 10.6 Å². The van der Waals surface area contributed by atoms with Crippen molar-refractivity contribution >= 4 is 27.5 Å². The summed E-state index contributed by atoms with van der Waals surface area (Å²) in [7, 11) is -4.08. The van der Waals surface area contributed by atoms with E-state index in [4.69, 9.17) is 0 Å². The second-order valence-corrected chi connectivity index (χ2v) is 11.1. The van der Waals surface area contributed by atoms with Crippen molar-refractivity contribution in [2.75, 3.05) is 17.4 Å². The summed E-state index contributed by atoms with van der Waals surface area (Å²) in [5.41, 5.74) is 3.90. The Bertz CT molecular complexity index is 1340. The highest BCUT2D eigenvalue weighted by molar-refractivity contribution is 7.92. The van der Waals surface area contributed by atoms with Gasteiger partial charge in [-0.25, -0.2) is 8.42 Å². The number of benzene rings is 3. The molecule has 3 aromatic rings. The maximum absolute atomic E-state index is 13.9. The van der Waals surface area contributed by atoms with Gasteiger partial charge in [-0.3, -0.25) is 13.9 Å². The van der Waals surface area contributed by atoms with Gasteiger partial charge in [0.25, 0.3) is 10.0 Å². The zero-order valence-corrected chi connectivity index (χ0v) is 22.9. The number of sulfonamides is 1. The zero-order valence-electron chi connectivity index (χ0n) is 22.1. The molecule has 2 amide bonds. The first kappa shape index (κ1) is 27.9. The first-order valence-electron chi connectivity index (χ1n) is 12.3. The van der Waals surface area contributed by atoms with E-state index < -0.39 is 28.5 Å². The molecule has 0 saturated heterocycles. The lowest BCUT2D eigenvalue weighted by Crippen LogP contribution is -2.51. The van der Waals surface area contributed by atoms with E-state index >= 15 is 0 Å². The predicted molar refractivity (Wildman–Crippen MR) is 147 cm³/mol. The minimum atomic E-state index is -4.08. The van der Waals surface area contributed by atoms with E-state index in [0.717, 1.165) is 26.6 Å². The minimum Gasteiger partial charge on any atom is -0.355 e. The fourth-order valence-corrected chi connectivity index (χ4v) is 5.60. The SMILES string of the molecule is CCNC(=O)[C@H](C)N(Cc1ccccc1)C(=O)CN(c1ccc(C)cc1C)S(=O)(=O)c1ccc(C)cc1. The molecule has 0 aliphatic rings. The molecule has 0 unspecified atom stereocenters. The van der Waals surface area contributed by atoms with Crippen molar-refractivity contribution in [3.63, 3.8) is 0 Å². The average Bonchev–Trinajstić information content (AvgIpc) is 2.86. The van der Waals surface area contributed by atoms with Gasteiger partial charge in [0.1, 0.15) is 12.6 Å². The molecule has 0 saturated carbocycles. The molecule has 0 fully saturated rings. The van der Waals surface area contributed by atoms with E-state index in [1.54, 1.807) is 37.3 Å². The maximum atomic E-state index is 13.9. The van der Waals surface area contributed by atoms with Gasteiger partial charge in [-0.1, -0.05) is 65.7 Å². The van der Waals surface area contributed by atoms with Gasteiger partial charge in [-0.2, -0.15) is 0 Å². The molecule has 1 atom stereocenters. The second-order valence-electron chi connectivity index (χ2n) is 9.19. The fourth-order valence-electron chi connectivity index (χ4n) is 4.12. The molecule has 0 bridgehead atoms. The highest BCUT2D eigenvalue weighted by Gasteiger charge is 2.33. The Labute approximate surface area is 220 Å². The number of likely N-dealkylation sites (N-methyl/N-ethyl adjacent to an activating group) is 1. The van der Waals surface area contributed by atoms with E-state index in [0.29, 0.717) is 12.2 Å². The molecule has 1 N–H and O–H groups in total. The number of amides is 2. The number of rotatable bonds is 10. The van der Waals surface area contributed by atoms with Crippen molar-refractivity contribution in [1.82, 2.24) is 10.2 Å². The van der Waals surface area contributed by atoms with Crippen LogP contribution >= 0.6 is 0 Å². The highest BCUT2D eigenvalue weighted by atomic mass is 32.2. The maximum Gasteiger partial charge on any atom is 0.264 e. The monoisotopic (exact) mass is 521 g/mol. The van der Waals surface area contributed by atoms with Crippen LogP contribution in [0.15, 0.2) is 77.7 Å². The smallest absolute Gasteiger partial charge is 0.264 e. The Hall–Kier alpha value is -3.65. The van der Waals surface area contributed by atoms with Crippen LogP contribution in [0.3, 0.4) is 0 Å². The fraction of sp³-hybridized carbons (Fsp3) is 0.310. The van der Waals surface area contributed by atoms with Crippen LogP contribution in [-0.4, -0.2) is 44.3 Å². The van der Waals surface area contributed by atoms with Gasteiger partial charge in [-0.15, -0.1) is 0 Å². The zero-order chi connectivity index (χ0) is 27.2. The molecular formula is C29H35N3O4S. The molecule has 0 aromatic heterocycles. The molecule has 0 aliphatic carbocycles. The molecular weight excluding hydrogens is 486 g/mol. The van der Waals surface area contributed by atoms with E-state index in [-0.39, 0.29) is 17.3 Å². The number of hydrogen-bond acceptors (Lipinski definition) is 4. The van der Waals surface area contributed by atoms with Gasteiger partial charge < -0.3 is 10.2 Å². The molecule has 0 spiro atoms. The molecule has 0 heterocycles. The number of nitrogens with zero attached hydrogens (tertiary/aromatic N) is 2. The average molecular weight is 522 g/mol. The van der Waals surface area contributed by atoms with Crippen molar-refractivity contribution in [1.29, 1.82) is 0 Å². The number of anilines is 1.